The van der Waals surface area contributed by atoms with Crippen LogP contribution in [0.5, 0.6) is 0 Å². The Labute approximate surface area is 128 Å². The Morgan fingerprint density at radius 3 is 2.57 bits per heavy atom. The van der Waals surface area contributed by atoms with E-state index in [0.29, 0.717) is 19.8 Å². The van der Waals surface area contributed by atoms with E-state index in [2.05, 4.69) is 41.8 Å². The molecule has 4 heteroatoms. The average Bonchev–Trinajstić information content (AvgIpc) is 2.48. The Morgan fingerprint density at radius 2 is 1.90 bits per heavy atom. The number of aryl methyl sites for hydroxylation is 2. The molecule has 0 amide bonds. The molecular weight excluding hydrogens is 264 g/mol. The molecule has 1 heterocycles. The summed E-state index contributed by atoms with van der Waals surface area (Å²) in [6.45, 7) is 12.1. The van der Waals surface area contributed by atoms with Gasteiger partial charge in [-0.1, -0.05) is 12.1 Å². The summed E-state index contributed by atoms with van der Waals surface area (Å²) < 4.78 is 5.27. The standard InChI is InChI=1S/C17H28N2O2/c1-4-21-13-16(20)12-18-7-9-19(10-8-18)17-11-14(2)5-6-15(17)3/h5-6,11,16,20H,4,7-10,12-13H2,1-3H3. The number of piperazine rings is 1. The predicted molar refractivity (Wildman–Crippen MR) is 87.1 cm³/mol. The van der Waals surface area contributed by atoms with Gasteiger partial charge in [0.05, 0.1) is 12.7 Å². The van der Waals surface area contributed by atoms with Gasteiger partial charge in [0.25, 0.3) is 0 Å². The number of benzene rings is 1. The molecule has 21 heavy (non-hydrogen) atoms. The normalized spacial score (nSPS) is 18.0. The first kappa shape index (κ1) is 16.3. The van der Waals surface area contributed by atoms with Gasteiger partial charge in [0.1, 0.15) is 0 Å². The molecule has 0 bridgehead atoms. The van der Waals surface area contributed by atoms with Crippen molar-refractivity contribution in [1.29, 1.82) is 0 Å². The monoisotopic (exact) mass is 292 g/mol. The predicted octanol–water partition coefficient (Wildman–Crippen LogP) is 1.82. The zero-order valence-electron chi connectivity index (χ0n) is 13.5. The Balaban J connectivity index is 1.84. The molecule has 1 aromatic carbocycles. The highest BCUT2D eigenvalue weighted by atomic mass is 16.5. The molecule has 1 N–H and O–H groups in total. The number of anilines is 1. The van der Waals surface area contributed by atoms with E-state index in [1.807, 2.05) is 6.92 Å². The van der Waals surface area contributed by atoms with Gasteiger partial charge in [-0.15, -0.1) is 0 Å². The van der Waals surface area contributed by atoms with Crippen LogP contribution in [0.3, 0.4) is 0 Å². The molecule has 0 aromatic heterocycles. The van der Waals surface area contributed by atoms with Crippen LogP contribution < -0.4 is 4.90 Å². The summed E-state index contributed by atoms with van der Waals surface area (Å²) in [4.78, 5) is 4.78. The summed E-state index contributed by atoms with van der Waals surface area (Å²) >= 11 is 0. The van der Waals surface area contributed by atoms with E-state index in [-0.39, 0.29) is 6.10 Å². The lowest BCUT2D eigenvalue weighted by Gasteiger charge is -2.37. The number of hydrogen-bond acceptors (Lipinski definition) is 4. The van der Waals surface area contributed by atoms with Crippen LogP contribution in [0.2, 0.25) is 0 Å². The number of hydrogen-bond donors (Lipinski definition) is 1. The minimum atomic E-state index is -0.378. The van der Waals surface area contributed by atoms with Crippen LogP contribution in [0.4, 0.5) is 5.69 Å². The van der Waals surface area contributed by atoms with Gasteiger partial charge in [0.2, 0.25) is 0 Å². The highest BCUT2D eigenvalue weighted by Gasteiger charge is 2.20. The summed E-state index contributed by atoms with van der Waals surface area (Å²) in [6.07, 6.45) is -0.378. The molecule has 1 atom stereocenters. The second-order valence-electron chi connectivity index (χ2n) is 5.89. The van der Waals surface area contributed by atoms with Crippen molar-refractivity contribution >= 4 is 5.69 Å². The van der Waals surface area contributed by atoms with Crippen molar-refractivity contribution in [2.45, 2.75) is 26.9 Å². The van der Waals surface area contributed by atoms with E-state index in [1.165, 1.54) is 16.8 Å². The van der Waals surface area contributed by atoms with Gasteiger partial charge in [0, 0.05) is 45.0 Å². The molecule has 4 nitrogen and oxygen atoms in total. The largest absolute Gasteiger partial charge is 0.389 e. The van der Waals surface area contributed by atoms with E-state index in [1.54, 1.807) is 0 Å². The lowest BCUT2D eigenvalue weighted by Crippen LogP contribution is -2.49. The first-order chi connectivity index (χ1) is 10.1. The molecule has 1 saturated heterocycles. The highest BCUT2D eigenvalue weighted by molar-refractivity contribution is 5.55. The van der Waals surface area contributed by atoms with Crippen LogP contribution >= 0.6 is 0 Å². The number of rotatable bonds is 6. The van der Waals surface area contributed by atoms with Gasteiger partial charge in [0.15, 0.2) is 0 Å². The van der Waals surface area contributed by atoms with Crippen LogP contribution in [-0.4, -0.2) is 62.0 Å². The second-order valence-corrected chi connectivity index (χ2v) is 5.89. The molecule has 1 aliphatic rings. The highest BCUT2D eigenvalue weighted by Crippen LogP contribution is 2.22. The number of aliphatic hydroxyl groups excluding tert-OH is 1. The van der Waals surface area contributed by atoms with Gasteiger partial charge < -0.3 is 14.7 Å². The fraction of sp³-hybridized carbons (Fsp3) is 0.647. The molecule has 1 aliphatic heterocycles. The average molecular weight is 292 g/mol. The number of β-amino-alcohol motifs (C(OH)–C–C–N with tert-alkyl or cyclic N) is 1. The van der Waals surface area contributed by atoms with Gasteiger partial charge in [-0.2, -0.15) is 0 Å². The quantitative estimate of drug-likeness (QED) is 0.867. The number of aliphatic hydroxyl groups is 1. The lowest BCUT2D eigenvalue weighted by atomic mass is 10.1. The maximum Gasteiger partial charge on any atom is 0.0900 e. The minimum absolute atomic E-state index is 0.378. The third-order valence-corrected chi connectivity index (χ3v) is 4.06. The topological polar surface area (TPSA) is 35.9 Å². The summed E-state index contributed by atoms with van der Waals surface area (Å²) in [5.41, 5.74) is 4.00. The molecule has 1 unspecified atom stereocenters. The van der Waals surface area contributed by atoms with Crippen LogP contribution in [0.15, 0.2) is 18.2 Å². The first-order valence-corrected chi connectivity index (χ1v) is 7.90. The second kappa shape index (κ2) is 7.78. The molecule has 1 fully saturated rings. The summed E-state index contributed by atoms with van der Waals surface area (Å²) in [6, 6.07) is 6.64. The number of ether oxygens (including phenoxy) is 1. The van der Waals surface area contributed by atoms with Crippen LogP contribution in [-0.2, 0) is 4.74 Å². The van der Waals surface area contributed by atoms with E-state index < -0.39 is 0 Å². The molecule has 0 spiro atoms. The fourth-order valence-corrected chi connectivity index (χ4v) is 2.84. The van der Waals surface area contributed by atoms with Gasteiger partial charge >= 0.3 is 0 Å². The van der Waals surface area contributed by atoms with Gasteiger partial charge in [-0.3, -0.25) is 4.90 Å². The van der Waals surface area contributed by atoms with Crippen molar-refractivity contribution in [2.75, 3.05) is 50.8 Å². The van der Waals surface area contributed by atoms with E-state index in [0.717, 1.165) is 26.2 Å². The van der Waals surface area contributed by atoms with Crippen molar-refractivity contribution in [1.82, 2.24) is 4.90 Å². The summed E-state index contributed by atoms with van der Waals surface area (Å²) in [5, 5.41) is 9.92. The maximum atomic E-state index is 9.92. The van der Waals surface area contributed by atoms with Crippen molar-refractivity contribution < 1.29 is 9.84 Å². The smallest absolute Gasteiger partial charge is 0.0900 e. The van der Waals surface area contributed by atoms with Crippen molar-refractivity contribution in [3.8, 4) is 0 Å². The lowest BCUT2D eigenvalue weighted by molar-refractivity contribution is 0.0202. The number of nitrogens with zero attached hydrogens (tertiary/aromatic N) is 2. The van der Waals surface area contributed by atoms with Crippen molar-refractivity contribution in [2.24, 2.45) is 0 Å². The zero-order valence-corrected chi connectivity index (χ0v) is 13.5. The van der Waals surface area contributed by atoms with Crippen LogP contribution in [0.1, 0.15) is 18.1 Å². The van der Waals surface area contributed by atoms with Crippen molar-refractivity contribution in [3.63, 3.8) is 0 Å². The third kappa shape index (κ3) is 4.70. The fourth-order valence-electron chi connectivity index (χ4n) is 2.84. The van der Waals surface area contributed by atoms with E-state index in [9.17, 15) is 5.11 Å². The first-order valence-electron chi connectivity index (χ1n) is 7.90. The summed E-state index contributed by atoms with van der Waals surface area (Å²) in [5.74, 6) is 0. The Morgan fingerprint density at radius 1 is 1.19 bits per heavy atom. The van der Waals surface area contributed by atoms with Crippen LogP contribution in [0, 0.1) is 13.8 Å². The minimum Gasteiger partial charge on any atom is -0.389 e. The van der Waals surface area contributed by atoms with Gasteiger partial charge in [-0.05, 0) is 38.0 Å². The molecule has 0 aliphatic carbocycles. The van der Waals surface area contributed by atoms with E-state index >= 15 is 0 Å². The Kier molecular flexibility index (Phi) is 6.03. The van der Waals surface area contributed by atoms with Crippen LogP contribution in [0.25, 0.3) is 0 Å². The SMILES string of the molecule is CCOCC(O)CN1CCN(c2cc(C)ccc2C)CC1. The Hall–Kier alpha value is -1.10. The maximum absolute atomic E-state index is 9.92. The Bertz CT molecular complexity index is 442. The third-order valence-electron chi connectivity index (χ3n) is 4.06. The molecule has 1 aromatic rings. The molecule has 0 radical (unpaired) electrons. The molecular formula is C17H28N2O2. The van der Waals surface area contributed by atoms with Crippen molar-refractivity contribution in [3.05, 3.63) is 29.3 Å². The van der Waals surface area contributed by atoms with E-state index in [4.69, 9.17) is 4.74 Å². The molecule has 2 rings (SSSR count). The van der Waals surface area contributed by atoms with Gasteiger partial charge in [-0.25, -0.2) is 0 Å². The zero-order chi connectivity index (χ0) is 15.2. The summed E-state index contributed by atoms with van der Waals surface area (Å²) in [7, 11) is 0. The molecule has 118 valence electrons. The molecule has 0 saturated carbocycles.